The second-order valence-electron chi connectivity index (χ2n) is 5.15. The highest BCUT2D eigenvalue weighted by Gasteiger charge is 2.38. The SMILES string of the molecule is CCCCC=CB(O)OC(C)(C)C(C)(C)O. The molecule has 0 radical (unpaired) electrons. The van der Waals surface area contributed by atoms with Crippen LogP contribution in [0.25, 0.3) is 0 Å². The van der Waals surface area contributed by atoms with Gasteiger partial charge in [0.25, 0.3) is 0 Å². The molecular weight excluding hydrogens is 203 g/mol. The lowest BCUT2D eigenvalue weighted by atomic mass is 9.83. The maximum atomic E-state index is 9.84. The lowest BCUT2D eigenvalue weighted by Crippen LogP contribution is -2.50. The van der Waals surface area contributed by atoms with E-state index in [1.165, 1.54) is 0 Å². The fraction of sp³-hybridized carbons (Fsp3) is 0.833. The smallest absolute Gasteiger partial charge is 0.423 e. The summed E-state index contributed by atoms with van der Waals surface area (Å²) in [6.07, 6.45) is 5.10. The Hall–Kier alpha value is -0.315. The lowest BCUT2D eigenvalue weighted by Gasteiger charge is -2.38. The van der Waals surface area contributed by atoms with Crippen LogP contribution in [0.1, 0.15) is 53.9 Å². The fourth-order valence-corrected chi connectivity index (χ4v) is 1.02. The van der Waals surface area contributed by atoms with Gasteiger partial charge in [-0.1, -0.05) is 31.8 Å². The Morgan fingerprint density at radius 1 is 1.25 bits per heavy atom. The summed E-state index contributed by atoms with van der Waals surface area (Å²) in [7, 11) is -0.960. The highest BCUT2D eigenvalue weighted by atomic mass is 16.5. The molecule has 0 amide bonds. The molecular formula is C12H25BO3. The Morgan fingerprint density at radius 3 is 2.25 bits per heavy atom. The fourth-order valence-electron chi connectivity index (χ4n) is 1.02. The molecule has 0 aliphatic rings. The molecule has 0 saturated carbocycles. The monoisotopic (exact) mass is 228 g/mol. The van der Waals surface area contributed by atoms with Crippen molar-refractivity contribution in [3.63, 3.8) is 0 Å². The summed E-state index contributed by atoms with van der Waals surface area (Å²) in [5, 5.41) is 19.5. The average molecular weight is 228 g/mol. The maximum absolute atomic E-state index is 9.84. The molecule has 0 unspecified atom stereocenters. The Labute approximate surface area is 99.7 Å². The number of hydrogen-bond acceptors (Lipinski definition) is 3. The number of aliphatic hydroxyl groups is 1. The van der Waals surface area contributed by atoms with Gasteiger partial charge in [-0.2, -0.15) is 0 Å². The van der Waals surface area contributed by atoms with Crippen LogP contribution >= 0.6 is 0 Å². The van der Waals surface area contributed by atoms with Crippen LogP contribution in [0.4, 0.5) is 0 Å². The predicted octanol–water partition coefficient (Wildman–Crippen LogP) is 2.32. The maximum Gasteiger partial charge on any atom is 0.483 e. The summed E-state index contributed by atoms with van der Waals surface area (Å²) in [6.45, 7) is 8.98. The molecule has 0 atom stereocenters. The van der Waals surface area contributed by atoms with Crippen LogP contribution in [-0.2, 0) is 4.65 Å². The zero-order valence-corrected chi connectivity index (χ0v) is 11.2. The van der Waals surface area contributed by atoms with Gasteiger partial charge in [-0.3, -0.25) is 0 Å². The van der Waals surface area contributed by atoms with E-state index in [-0.39, 0.29) is 0 Å². The molecule has 0 aromatic heterocycles. The van der Waals surface area contributed by atoms with Crippen LogP contribution in [0, 0.1) is 0 Å². The molecule has 0 saturated heterocycles. The van der Waals surface area contributed by atoms with Crippen molar-refractivity contribution in [3.8, 4) is 0 Å². The van der Waals surface area contributed by atoms with Crippen molar-refractivity contribution >= 4 is 7.12 Å². The van der Waals surface area contributed by atoms with Crippen molar-refractivity contribution in [2.75, 3.05) is 0 Å². The zero-order chi connectivity index (χ0) is 12.8. The second kappa shape index (κ2) is 6.43. The Bertz CT molecular complexity index is 219. The van der Waals surface area contributed by atoms with Crippen LogP contribution in [0.2, 0.25) is 0 Å². The summed E-state index contributed by atoms with van der Waals surface area (Å²) in [5.74, 6) is 1.63. The van der Waals surface area contributed by atoms with Gasteiger partial charge >= 0.3 is 7.12 Å². The van der Waals surface area contributed by atoms with Gasteiger partial charge in [-0.25, -0.2) is 0 Å². The molecule has 0 aromatic rings. The van der Waals surface area contributed by atoms with E-state index in [4.69, 9.17) is 4.65 Å². The van der Waals surface area contributed by atoms with Crippen molar-refractivity contribution in [2.24, 2.45) is 0 Å². The minimum Gasteiger partial charge on any atom is -0.423 e. The van der Waals surface area contributed by atoms with Crippen LogP contribution in [0.3, 0.4) is 0 Å². The first kappa shape index (κ1) is 15.7. The summed E-state index contributed by atoms with van der Waals surface area (Å²) in [5.41, 5.74) is -1.78. The second-order valence-corrected chi connectivity index (χ2v) is 5.15. The molecule has 16 heavy (non-hydrogen) atoms. The molecule has 0 rings (SSSR count). The van der Waals surface area contributed by atoms with Crippen LogP contribution < -0.4 is 0 Å². The molecule has 3 nitrogen and oxygen atoms in total. The Balaban J connectivity index is 4.13. The first-order valence-electron chi connectivity index (χ1n) is 5.95. The predicted molar refractivity (Wildman–Crippen MR) is 68.1 cm³/mol. The van der Waals surface area contributed by atoms with Crippen LogP contribution in [-0.4, -0.2) is 28.5 Å². The number of unbranched alkanes of at least 4 members (excludes halogenated alkanes) is 2. The van der Waals surface area contributed by atoms with E-state index in [2.05, 4.69) is 6.92 Å². The van der Waals surface area contributed by atoms with E-state index in [9.17, 15) is 10.1 Å². The van der Waals surface area contributed by atoms with Gasteiger partial charge in [-0.05, 0) is 34.1 Å². The quantitative estimate of drug-likeness (QED) is 0.519. The molecule has 0 fully saturated rings. The summed E-state index contributed by atoms with van der Waals surface area (Å²) >= 11 is 0. The van der Waals surface area contributed by atoms with E-state index in [0.717, 1.165) is 19.3 Å². The van der Waals surface area contributed by atoms with Gasteiger partial charge < -0.3 is 14.8 Å². The van der Waals surface area contributed by atoms with Gasteiger partial charge in [0.2, 0.25) is 0 Å². The average Bonchev–Trinajstić information content (AvgIpc) is 2.10. The summed E-state index contributed by atoms with van der Waals surface area (Å²) < 4.78 is 5.40. The molecule has 0 bridgehead atoms. The van der Waals surface area contributed by atoms with Gasteiger partial charge in [-0.15, -0.1) is 0 Å². The third-order valence-electron chi connectivity index (χ3n) is 2.91. The van der Waals surface area contributed by atoms with Crippen molar-refractivity contribution < 1.29 is 14.8 Å². The standard InChI is InChI=1S/C12H25BO3/c1-6-7-8-9-10-13(15)16-12(4,5)11(2,3)14/h9-10,14-15H,6-8H2,1-5H3. The largest absolute Gasteiger partial charge is 0.483 e. The van der Waals surface area contributed by atoms with E-state index >= 15 is 0 Å². The van der Waals surface area contributed by atoms with Crippen molar-refractivity contribution in [1.29, 1.82) is 0 Å². The first-order chi connectivity index (χ1) is 7.20. The highest BCUT2D eigenvalue weighted by Crippen LogP contribution is 2.25. The summed E-state index contributed by atoms with van der Waals surface area (Å²) in [4.78, 5) is 0. The lowest BCUT2D eigenvalue weighted by molar-refractivity contribution is -0.0984. The van der Waals surface area contributed by atoms with E-state index < -0.39 is 18.3 Å². The minimum absolute atomic E-state index is 0.790. The van der Waals surface area contributed by atoms with Crippen molar-refractivity contribution in [3.05, 3.63) is 12.1 Å². The molecule has 0 aromatic carbocycles. The Kier molecular flexibility index (Phi) is 6.30. The molecule has 2 N–H and O–H groups in total. The third-order valence-corrected chi connectivity index (χ3v) is 2.91. The minimum atomic E-state index is -0.995. The first-order valence-corrected chi connectivity index (χ1v) is 5.95. The van der Waals surface area contributed by atoms with Crippen molar-refractivity contribution in [2.45, 2.75) is 65.1 Å². The molecule has 94 valence electrons. The Morgan fingerprint density at radius 2 is 1.81 bits per heavy atom. The number of hydrogen-bond donors (Lipinski definition) is 2. The zero-order valence-electron chi connectivity index (χ0n) is 11.2. The van der Waals surface area contributed by atoms with Crippen LogP contribution in [0.5, 0.6) is 0 Å². The number of rotatable bonds is 7. The highest BCUT2D eigenvalue weighted by molar-refractivity contribution is 6.49. The van der Waals surface area contributed by atoms with Gasteiger partial charge in [0.05, 0.1) is 11.2 Å². The van der Waals surface area contributed by atoms with E-state index in [0.29, 0.717) is 0 Å². The van der Waals surface area contributed by atoms with E-state index in [1.54, 1.807) is 33.7 Å². The molecule has 0 aliphatic heterocycles. The van der Waals surface area contributed by atoms with Crippen LogP contribution in [0.15, 0.2) is 12.1 Å². The molecule has 4 heteroatoms. The van der Waals surface area contributed by atoms with Gasteiger partial charge in [0.15, 0.2) is 0 Å². The van der Waals surface area contributed by atoms with Gasteiger partial charge in [0, 0.05) is 0 Å². The number of allylic oxidation sites excluding steroid dienone is 1. The van der Waals surface area contributed by atoms with Gasteiger partial charge in [0.1, 0.15) is 0 Å². The normalized spacial score (nSPS) is 13.4. The molecule has 0 aliphatic carbocycles. The molecule has 0 heterocycles. The topological polar surface area (TPSA) is 49.7 Å². The molecule has 0 spiro atoms. The third kappa shape index (κ3) is 5.68. The van der Waals surface area contributed by atoms with E-state index in [1.807, 2.05) is 6.08 Å². The summed E-state index contributed by atoms with van der Waals surface area (Å²) in [6, 6.07) is 0. The van der Waals surface area contributed by atoms with Crippen molar-refractivity contribution in [1.82, 2.24) is 0 Å².